The average molecular weight is 390 g/mol. The van der Waals surface area contributed by atoms with Gasteiger partial charge in [-0.05, 0) is 34.8 Å². The Kier molecular flexibility index (Phi) is 4.80. The standard InChI is InChI=1S/C17H16BrN3O3/c18-14-8-12(13(19)9-20-14)17(23)24-15(10-4-2-1-3-5-10)16(22)21-11-6-7-11/h1-5,8-9,11,15H,6-7,19H2,(H,21,22)/t15-/m0/s1. The molecule has 1 saturated carbocycles. The molecule has 0 radical (unpaired) electrons. The first-order chi connectivity index (χ1) is 11.5. The zero-order valence-electron chi connectivity index (χ0n) is 12.7. The second-order valence-electron chi connectivity index (χ2n) is 5.57. The van der Waals surface area contributed by atoms with Crippen molar-refractivity contribution in [3.63, 3.8) is 0 Å². The van der Waals surface area contributed by atoms with Gasteiger partial charge in [0, 0.05) is 11.6 Å². The van der Waals surface area contributed by atoms with Gasteiger partial charge in [-0.2, -0.15) is 0 Å². The van der Waals surface area contributed by atoms with Crippen LogP contribution in [0.3, 0.4) is 0 Å². The minimum Gasteiger partial charge on any atom is -0.444 e. The maximum absolute atomic E-state index is 12.5. The fraction of sp³-hybridized carbons (Fsp3) is 0.235. The van der Waals surface area contributed by atoms with Gasteiger partial charge in [0.2, 0.25) is 6.10 Å². The predicted octanol–water partition coefficient (Wildman–Crippen LogP) is 2.60. The van der Waals surface area contributed by atoms with Crippen molar-refractivity contribution in [1.29, 1.82) is 0 Å². The summed E-state index contributed by atoms with van der Waals surface area (Å²) in [4.78, 5) is 28.9. The SMILES string of the molecule is Nc1cnc(Br)cc1C(=O)O[C@H](C(=O)NC1CC1)c1ccccc1. The van der Waals surface area contributed by atoms with Crippen molar-refractivity contribution in [2.75, 3.05) is 5.73 Å². The first-order valence-electron chi connectivity index (χ1n) is 7.52. The molecule has 1 fully saturated rings. The van der Waals surface area contributed by atoms with Crippen LogP contribution in [0.5, 0.6) is 0 Å². The number of amides is 1. The molecule has 1 aromatic heterocycles. The van der Waals surface area contributed by atoms with Crippen molar-refractivity contribution in [3.8, 4) is 0 Å². The molecule has 0 saturated heterocycles. The molecule has 2 aromatic rings. The molecule has 0 aliphatic heterocycles. The number of nitrogens with two attached hydrogens (primary N) is 1. The first-order valence-corrected chi connectivity index (χ1v) is 8.31. The number of carbonyl (C=O) groups excluding carboxylic acids is 2. The summed E-state index contributed by atoms with van der Waals surface area (Å²) >= 11 is 3.19. The molecule has 1 aliphatic rings. The molecule has 0 bridgehead atoms. The Labute approximate surface area is 147 Å². The van der Waals surface area contributed by atoms with E-state index in [1.807, 2.05) is 6.07 Å². The Hall–Kier alpha value is -2.41. The highest BCUT2D eigenvalue weighted by molar-refractivity contribution is 9.10. The second-order valence-corrected chi connectivity index (χ2v) is 6.39. The van der Waals surface area contributed by atoms with E-state index in [4.69, 9.17) is 10.5 Å². The number of pyridine rings is 1. The number of carbonyl (C=O) groups is 2. The number of nitrogens with one attached hydrogen (secondary N) is 1. The van der Waals surface area contributed by atoms with Crippen LogP contribution in [0.4, 0.5) is 5.69 Å². The Balaban J connectivity index is 1.84. The molecule has 1 atom stereocenters. The zero-order valence-corrected chi connectivity index (χ0v) is 14.3. The number of aromatic nitrogens is 1. The van der Waals surface area contributed by atoms with Crippen molar-refractivity contribution in [2.45, 2.75) is 25.0 Å². The molecule has 0 unspecified atom stereocenters. The number of ether oxygens (including phenoxy) is 1. The van der Waals surface area contributed by atoms with Crippen LogP contribution >= 0.6 is 15.9 Å². The second kappa shape index (κ2) is 7.00. The minimum atomic E-state index is -1.02. The number of rotatable bonds is 5. The maximum Gasteiger partial charge on any atom is 0.341 e. The van der Waals surface area contributed by atoms with Gasteiger partial charge < -0.3 is 15.8 Å². The smallest absolute Gasteiger partial charge is 0.341 e. The Morgan fingerprint density at radius 3 is 2.67 bits per heavy atom. The topological polar surface area (TPSA) is 94.3 Å². The van der Waals surface area contributed by atoms with Crippen molar-refractivity contribution >= 4 is 33.5 Å². The number of nitrogen functional groups attached to an aromatic ring is 1. The first kappa shape index (κ1) is 16.4. The molecule has 1 amide bonds. The lowest BCUT2D eigenvalue weighted by Gasteiger charge is -2.18. The van der Waals surface area contributed by atoms with E-state index in [2.05, 4.69) is 26.2 Å². The Bertz CT molecular complexity index is 763. The van der Waals surface area contributed by atoms with Crippen LogP contribution in [0.2, 0.25) is 0 Å². The summed E-state index contributed by atoms with van der Waals surface area (Å²) in [6.45, 7) is 0. The van der Waals surface area contributed by atoms with Gasteiger partial charge in [0.25, 0.3) is 5.91 Å². The Morgan fingerprint density at radius 1 is 1.29 bits per heavy atom. The zero-order chi connectivity index (χ0) is 17.1. The molecule has 7 heteroatoms. The minimum absolute atomic E-state index is 0.164. The number of esters is 1. The van der Waals surface area contributed by atoms with Gasteiger partial charge in [-0.3, -0.25) is 4.79 Å². The van der Waals surface area contributed by atoms with Gasteiger partial charge in [0.05, 0.1) is 17.4 Å². The van der Waals surface area contributed by atoms with Gasteiger partial charge in [0.15, 0.2) is 0 Å². The monoisotopic (exact) mass is 389 g/mol. The highest BCUT2D eigenvalue weighted by Crippen LogP contribution is 2.25. The number of nitrogens with zero attached hydrogens (tertiary/aromatic N) is 1. The van der Waals surface area contributed by atoms with Crippen LogP contribution in [0, 0.1) is 0 Å². The summed E-state index contributed by atoms with van der Waals surface area (Å²) in [7, 11) is 0. The van der Waals surface area contributed by atoms with Gasteiger partial charge >= 0.3 is 5.97 Å². The molecule has 1 aromatic carbocycles. The van der Waals surface area contributed by atoms with Gasteiger partial charge in [-0.25, -0.2) is 9.78 Å². The quantitative estimate of drug-likeness (QED) is 0.605. The fourth-order valence-electron chi connectivity index (χ4n) is 2.19. The third-order valence-electron chi connectivity index (χ3n) is 3.61. The van der Waals surface area contributed by atoms with E-state index in [0.717, 1.165) is 12.8 Å². The normalized spacial score (nSPS) is 14.7. The molecular formula is C17H16BrN3O3. The molecule has 124 valence electrons. The van der Waals surface area contributed by atoms with Crippen LogP contribution in [0.1, 0.15) is 34.9 Å². The molecule has 3 N–H and O–H groups in total. The number of hydrogen-bond donors (Lipinski definition) is 2. The maximum atomic E-state index is 12.5. The van der Waals surface area contributed by atoms with E-state index in [0.29, 0.717) is 10.2 Å². The van der Waals surface area contributed by atoms with E-state index >= 15 is 0 Å². The Morgan fingerprint density at radius 2 is 2.00 bits per heavy atom. The van der Waals surface area contributed by atoms with Crippen LogP contribution in [0.15, 0.2) is 47.2 Å². The highest BCUT2D eigenvalue weighted by Gasteiger charge is 2.31. The van der Waals surface area contributed by atoms with Gasteiger partial charge in [-0.15, -0.1) is 0 Å². The van der Waals surface area contributed by atoms with Crippen molar-refractivity contribution in [2.24, 2.45) is 0 Å². The van der Waals surface area contributed by atoms with Crippen LogP contribution in [-0.2, 0) is 9.53 Å². The van der Waals surface area contributed by atoms with Crippen molar-refractivity contribution in [1.82, 2.24) is 10.3 Å². The number of hydrogen-bond acceptors (Lipinski definition) is 5. The lowest BCUT2D eigenvalue weighted by molar-refractivity contribution is -0.130. The van der Waals surface area contributed by atoms with Crippen LogP contribution in [-0.4, -0.2) is 22.9 Å². The van der Waals surface area contributed by atoms with E-state index in [1.54, 1.807) is 24.3 Å². The summed E-state index contributed by atoms with van der Waals surface area (Å²) in [6.07, 6.45) is 2.24. The number of halogens is 1. The molecule has 1 heterocycles. The lowest BCUT2D eigenvalue weighted by Crippen LogP contribution is -2.33. The summed E-state index contributed by atoms with van der Waals surface area (Å²) in [6, 6.07) is 10.5. The molecular weight excluding hydrogens is 374 g/mol. The summed E-state index contributed by atoms with van der Waals surface area (Å²) in [5, 5.41) is 2.87. The molecule has 1 aliphatic carbocycles. The highest BCUT2D eigenvalue weighted by atomic mass is 79.9. The fourth-order valence-corrected chi connectivity index (χ4v) is 2.52. The third-order valence-corrected chi connectivity index (χ3v) is 4.04. The predicted molar refractivity (Wildman–Crippen MR) is 92.1 cm³/mol. The van der Waals surface area contributed by atoms with Crippen LogP contribution in [0.25, 0.3) is 0 Å². The van der Waals surface area contributed by atoms with Gasteiger partial charge in [-0.1, -0.05) is 30.3 Å². The van der Waals surface area contributed by atoms with E-state index in [9.17, 15) is 9.59 Å². The largest absolute Gasteiger partial charge is 0.444 e. The summed E-state index contributed by atoms with van der Waals surface area (Å²) in [5.41, 5.74) is 6.75. The number of anilines is 1. The molecule has 3 rings (SSSR count). The summed E-state index contributed by atoms with van der Waals surface area (Å²) in [5.74, 6) is -1.00. The number of benzene rings is 1. The van der Waals surface area contributed by atoms with E-state index < -0.39 is 12.1 Å². The molecule has 6 nitrogen and oxygen atoms in total. The molecule has 0 spiro atoms. The van der Waals surface area contributed by atoms with Gasteiger partial charge in [0.1, 0.15) is 4.60 Å². The van der Waals surface area contributed by atoms with E-state index in [1.165, 1.54) is 12.3 Å². The van der Waals surface area contributed by atoms with Crippen LogP contribution < -0.4 is 11.1 Å². The average Bonchev–Trinajstić information content (AvgIpc) is 3.39. The third kappa shape index (κ3) is 3.91. The summed E-state index contributed by atoms with van der Waals surface area (Å²) < 4.78 is 5.93. The van der Waals surface area contributed by atoms with E-state index in [-0.39, 0.29) is 23.2 Å². The van der Waals surface area contributed by atoms with Crippen molar-refractivity contribution in [3.05, 3.63) is 58.3 Å². The molecule has 24 heavy (non-hydrogen) atoms. The lowest BCUT2D eigenvalue weighted by atomic mass is 10.1. The van der Waals surface area contributed by atoms with Crippen molar-refractivity contribution < 1.29 is 14.3 Å².